The van der Waals surface area contributed by atoms with Crippen LogP contribution in [0.15, 0.2) is 18.2 Å². The molecule has 1 fully saturated rings. The second-order valence-corrected chi connectivity index (χ2v) is 4.74. The van der Waals surface area contributed by atoms with E-state index in [4.69, 9.17) is 4.74 Å². The molecule has 1 aromatic rings. The van der Waals surface area contributed by atoms with Crippen LogP contribution in [0.5, 0.6) is 0 Å². The van der Waals surface area contributed by atoms with Crippen LogP contribution in [0.3, 0.4) is 0 Å². The first kappa shape index (κ1) is 14.9. The maximum absolute atomic E-state index is 13.5. The predicted molar refractivity (Wildman–Crippen MR) is 70.1 cm³/mol. The lowest BCUT2D eigenvalue weighted by molar-refractivity contribution is -0.137. The molecule has 1 unspecified atom stereocenters. The molecule has 1 aliphatic heterocycles. The predicted octanol–water partition coefficient (Wildman–Crippen LogP) is 1.30. The number of ether oxygens (including phenoxy) is 1. The van der Waals surface area contributed by atoms with Crippen LogP contribution in [-0.2, 0) is 16.1 Å². The number of morpholine rings is 1. The van der Waals surface area contributed by atoms with E-state index >= 15 is 0 Å². The first-order valence-electron chi connectivity index (χ1n) is 6.62. The first-order valence-corrected chi connectivity index (χ1v) is 6.62. The van der Waals surface area contributed by atoms with Gasteiger partial charge in [-0.2, -0.15) is 0 Å². The molecule has 0 saturated carbocycles. The molecule has 0 bridgehead atoms. The van der Waals surface area contributed by atoms with Crippen molar-refractivity contribution in [3.8, 4) is 0 Å². The van der Waals surface area contributed by atoms with E-state index in [-0.39, 0.29) is 18.0 Å². The SMILES string of the molecule is CC(NCc1c(F)cccc1F)C(=O)N1CCOCC1. The molecule has 0 spiro atoms. The van der Waals surface area contributed by atoms with Gasteiger partial charge in [0.25, 0.3) is 0 Å². The summed E-state index contributed by atoms with van der Waals surface area (Å²) >= 11 is 0. The lowest BCUT2D eigenvalue weighted by atomic mass is 10.1. The van der Waals surface area contributed by atoms with E-state index in [2.05, 4.69) is 5.32 Å². The average molecular weight is 284 g/mol. The highest BCUT2D eigenvalue weighted by atomic mass is 19.1. The smallest absolute Gasteiger partial charge is 0.239 e. The van der Waals surface area contributed by atoms with Gasteiger partial charge in [0.05, 0.1) is 19.3 Å². The summed E-state index contributed by atoms with van der Waals surface area (Å²) in [5, 5.41) is 2.87. The topological polar surface area (TPSA) is 41.6 Å². The highest BCUT2D eigenvalue weighted by molar-refractivity contribution is 5.81. The molecule has 1 aliphatic rings. The standard InChI is InChI=1S/C14H18F2N2O2/c1-10(14(19)18-5-7-20-8-6-18)17-9-11-12(15)3-2-4-13(11)16/h2-4,10,17H,5-9H2,1H3. The Balaban J connectivity index is 1.91. The molecular weight excluding hydrogens is 266 g/mol. The second kappa shape index (κ2) is 6.76. The Morgan fingerprint density at radius 3 is 2.55 bits per heavy atom. The molecule has 1 atom stereocenters. The molecule has 0 radical (unpaired) electrons. The molecule has 1 saturated heterocycles. The van der Waals surface area contributed by atoms with Gasteiger partial charge in [0.1, 0.15) is 11.6 Å². The summed E-state index contributed by atoms with van der Waals surface area (Å²) in [5.41, 5.74) is -0.0471. The molecule has 2 rings (SSSR count). The van der Waals surface area contributed by atoms with Gasteiger partial charge in [0, 0.05) is 25.2 Å². The summed E-state index contributed by atoms with van der Waals surface area (Å²) in [6, 6.07) is 3.23. The molecule has 110 valence electrons. The Bertz CT molecular complexity index is 456. The molecule has 1 N–H and O–H groups in total. The zero-order chi connectivity index (χ0) is 14.5. The molecule has 4 nitrogen and oxygen atoms in total. The minimum absolute atomic E-state index is 0.0181. The van der Waals surface area contributed by atoms with Gasteiger partial charge in [-0.3, -0.25) is 4.79 Å². The van der Waals surface area contributed by atoms with Crippen molar-refractivity contribution in [2.24, 2.45) is 0 Å². The third-order valence-electron chi connectivity index (χ3n) is 3.34. The summed E-state index contributed by atoms with van der Waals surface area (Å²) < 4.78 is 32.1. The number of amides is 1. The number of halogens is 2. The monoisotopic (exact) mass is 284 g/mol. The van der Waals surface area contributed by atoms with Crippen LogP contribution in [0, 0.1) is 11.6 Å². The largest absolute Gasteiger partial charge is 0.378 e. The Hall–Kier alpha value is -1.53. The fourth-order valence-electron chi connectivity index (χ4n) is 2.10. The number of hydrogen-bond acceptors (Lipinski definition) is 3. The van der Waals surface area contributed by atoms with Crippen molar-refractivity contribution in [3.63, 3.8) is 0 Å². The van der Waals surface area contributed by atoms with Crippen LogP contribution in [0.4, 0.5) is 8.78 Å². The van der Waals surface area contributed by atoms with E-state index in [1.807, 2.05) is 0 Å². The number of benzene rings is 1. The number of nitrogens with zero attached hydrogens (tertiary/aromatic N) is 1. The van der Waals surface area contributed by atoms with E-state index in [9.17, 15) is 13.6 Å². The maximum atomic E-state index is 13.5. The van der Waals surface area contributed by atoms with E-state index in [1.54, 1.807) is 11.8 Å². The summed E-state index contributed by atoms with van der Waals surface area (Å²) in [5.74, 6) is -1.29. The van der Waals surface area contributed by atoms with Crippen LogP contribution < -0.4 is 5.32 Å². The zero-order valence-electron chi connectivity index (χ0n) is 11.4. The summed E-state index contributed by atoms with van der Waals surface area (Å²) in [7, 11) is 0. The molecule has 0 aliphatic carbocycles. The third-order valence-corrected chi connectivity index (χ3v) is 3.34. The van der Waals surface area contributed by atoms with E-state index in [0.717, 1.165) is 0 Å². The van der Waals surface area contributed by atoms with Crippen LogP contribution >= 0.6 is 0 Å². The highest BCUT2D eigenvalue weighted by Crippen LogP contribution is 2.12. The van der Waals surface area contributed by atoms with Gasteiger partial charge in [-0.25, -0.2) is 8.78 Å². The third kappa shape index (κ3) is 3.52. The number of carbonyl (C=O) groups excluding carboxylic acids is 1. The van der Waals surface area contributed by atoms with Crippen LogP contribution in [0.1, 0.15) is 12.5 Å². The number of nitrogens with one attached hydrogen (secondary N) is 1. The van der Waals surface area contributed by atoms with Gasteiger partial charge in [0.15, 0.2) is 0 Å². The van der Waals surface area contributed by atoms with Crippen molar-refractivity contribution in [1.82, 2.24) is 10.2 Å². The highest BCUT2D eigenvalue weighted by Gasteiger charge is 2.22. The van der Waals surface area contributed by atoms with Gasteiger partial charge in [0.2, 0.25) is 5.91 Å². The quantitative estimate of drug-likeness (QED) is 0.906. The minimum Gasteiger partial charge on any atom is -0.378 e. The van der Waals surface area contributed by atoms with E-state index in [1.165, 1.54) is 18.2 Å². The zero-order valence-corrected chi connectivity index (χ0v) is 11.4. The number of carbonyl (C=O) groups is 1. The summed E-state index contributed by atoms with van der Waals surface area (Å²) in [6.45, 7) is 3.84. The van der Waals surface area contributed by atoms with Crippen molar-refractivity contribution < 1.29 is 18.3 Å². The number of rotatable bonds is 4. The normalized spacial score (nSPS) is 17.1. The Kier molecular flexibility index (Phi) is 5.03. The van der Waals surface area contributed by atoms with Gasteiger partial charge in [-0.15, -0.1) is 0 Å². The lowest BCUT2D eigenvalue weighted by Crippen LogP contribution is -2.49. The summed E-state index contributed by atoms with van der Waals surface area (Å²) in [4.78, 5) is 13.8. The van der Waals surface area contributed by atoms with Crippen molar-refractivity contribution in [1.29, 1.82) is 0 Å². The molecule has 1 amide bonds. The lowest BCUT2D eigenvalue weighted by Gasteiger charge is -2.29. The van der Waals surface area contributed by atoms with Crippen molar-refractivity contribution in [2.75, 3.05) is 26.3 Å². The van der Waals surface area contributed by atoms with Gasteiger partial charge < -0.3 is 15.0 Å². The van der Waals surface area contributed by atoms with Crippen LogP contribution in [-0.4, -0.2) is 43.2 Å². The summed E-state index contributed by atoms with van der Waals surface area (Å²) in [6.07, 6.45) is 0. The molecular formula is C14H18F2N2O2. The Morgan fingerprint density at radius 2 is 1.95 bits per heavy atom. The molecule has 0 aromatic heterocycles. The molecule has 6 heteroatoms. The van der Waals surface area contributed by atoms with Crippen molar-refractivity contribution in [3.05, 3.63) is 35.4 Å². The minimum atomic E-state index is -0.608. The second-order valence-electron chi connectivity index (χ2n) is 4.74. The Morgan fingerprint density at radius 1 is 1.35 bits per heavy atom. The molecule has 20 heavy (non-hydrogen) atoms. The fourth-order valence-corrected chi connectivity index (χ4v) is 2.10. The van der Waals surface area contributed by atoms with Crippen LogP contribution in [0.25, 0.3) is 0 Å². The van der Waals surface area contributed by atoms with Crippen molar-refractivity contribution in [2.45, 2.75) is 19.5 Å². The average Bonchev–Trinajstić information content (AvgIpc) is 2.46. The number of hydrogen-bond donors (Lipinski definition) is 1. The van der Waals surface area contributed by atoms with Crippen LogP contribution in [0.2, 0.25) is 0 Å². The maximum Gasteiger partial charge on any atom is 0.239 e. The van der Waals surface area contributed by atoms with Gasteiger partial charge >= 0.3 is 0 Å². The van der Waals surface area contributed by atoms with E-state index < -0.39 is 17.7 Å². The fraction of sp³-hybridized carbons (Fsp3) is 0.500. The molecule has 1 aromatic carbocycles. The van der Waals surface area contributed by atoms with Gasteiger partial charge in [-0.1, -0.05) is 6.07 Å². The van der Waals surface area contributed by atoms with E-state index in [0.29, 0.717) is 26.3 Å². The van der Waals surface area contributed by atoms with Crippen molar-refractivity contribution >= 4 is 5.91 Å². The first-order chi connectivity index (χ1) is 9.59. The molecule has 1 heterocycles. The Labute approximate surface area is 116 Å². The van der Waals surface area contributed by atoms with Gasteiger partial charge in [-0.05, 0) is 19.1 Å².